The summed E-state index contributed by atoms with van der Waals surface area (Å²) < 4.78 is 4.87. The van der Waals surface area contributed by atoms with Gasteiger partial charge < -0.3 is 4.74 Å². The van der Waals surface area contributed by atoms with Crippen molar-refractivity contribution in [2.75, 3.05) is 0 Å². The van der Waals surface area contributed by atoms with Crippen LogP contribution in [-0.4, -0.2) is 6.47 Å². The van der Waals surface area contributed by atoms with Crippen LogP contribution in [0, 0.1) is 6.10 Å². The molecule has 0 unspecified atom stereocenters. The Morgan fingerprint density at radius 1 is 1.13 bits per heavy atom. The van der Waals surface area contributed by atoms with Crippen LogP contribution < -0.4 is 0 Å². The molecule has 1 radical (unpaired) electrons. The van der Waals surface area contributed by atoms with Crippen molar-refractivity contribution in [1.82, 2.24) is 0 Å². The van der Waals surface area contributed by atoms with Gasteiger partial charge in [0.25, 0.3) is 6.47 Å². The van der Waals surface area contributed by atoms with Gasteiger partial charge in [-0.25, -0.2) is 0 Å². The molecule has 0 heterocycles. The summed E-state index contributed by atoms with van der Waals surface area (Å²) in [6, 6.07) is 13.9. The zero-order valence-corrected chi connectivity index (χ0v) is 8.44. The van der Waals surface area contributed by atoms with Gasteiger partial charge in [0.05, 0.1) is 0 Å². The first-order valence-corrected chi connectivity index (χ1v) is 4.75. The molecule has 75 valence electrons. The van der Waals surface area contributed by atoms with Crippen LogP contribution in [0.2, 0.25) is 0 Å². The molecule has 0 fully saturated rings. The third kappa shape index (κ3) is 1.84. The highest BCUT2D eigenvalue weighted by Crippen LogP contribution is 2.24. The number of fused-ring (bicyclic) bond motifs is 1. The second-order valence-electron chi connectivity index (χ2n) is 3.30. The van der Waals surface area contributed by atoms with Crippen LogP contribution in [0.4, 0.5) is 0 Å². The lowest BCUT2D eigenvalue weighted by Gasteiger charge is -2.10. The van der Waals surface area contributed by atoms with Gasteiger partial charge in [0.1, 0.15) is 0 Å². The lowest BCUT2D eigenvalue weighted by atomic mass is 10.0. The van der Waals surface area contributed by atoms with E-state index in [-0.39, 0.29) is 0 Å². The van der Waals surface area contributed by atoms with Crippen LogP contribution in [0.3, 0.4) is 0 Å². The molecular weight excluding hydrogens is 188 g/mol. The van der Waals surface area contributed by atoms with Gasteiger partial charge in [-0.2, -0.15) is 0 Å². The molecule has 0 N–H and O–H groups in total. The van der Waals surface area contributed by atoms with Gasteiger partial charge in [0, 0.05) is 5.56 Å². The summed E-state index contributed by atoms with van der Waals surface area (Å²) in [5, 5.41) is 2.24. The SMILES string of the molecule is C[C](OC=O)c1cccc2ccccc12. The van der Waals surface area contributed by atoms with Crippen LogP contribution in [0.5, 0.6) is 0 Å². The Balaban J connectivity index is 2.55. The van der Waals surface area contributed by atoms with E-state index in [1.165, 1.54) is 0 Å². The second-order valence-corrected chi connectivity index (χ2v) is 3.30. The second kappa shape index (κ2) is 4.13. The molecule has 0 amide bonds. The van der Waals surface area contributed by atoms with Crippen molar-refractivity contribution in [1.29, 1.82) is 0 Å². The van der Waals surface area contributed by atoms with E-state index in [0.717, 1.165) is 16.3 Å². The van der Waals surface area contributed by atoms with E-state index in [1.54, 1.807) is 6.92 Å². The van der Waals surface area contributed by atoms with Crippen LogP contribution in [0.15, 0.2) is 42.5 Å². The fourth-order valence-corrected chi connectivity index (χ4v) is 1.67. The van der Waals surface area contributed by atoms with Gasteiger partial charge >= 0.3 is 0 Å². The molecule has 0 spiro atoms. The van der Waals surface area contributed by atoms with Crippen LogP contribution in [0.25, 0.3) is 10.8 Å². The monoisotopic (exact) mass is 199 g/mol. The van der Waals surface area contributed by atoms with Crippen molar-refractivity contribution in [3.05, 3.63) is 54.1 Å². The molecule has 0 atom stereocenters. The number of ether oxygens (including phenoxy) is 1. The van der Waals surface area contributed by atoms with Gasteiger partial charge in [0.15, 0.2) is 6.10 Å². The summed E-state index contributed by atoms with van der Waals surface area (Å²) in [5.41, 5.74) is 0.959. The molecule has 0 saturated heterocycles. The number of rotatable bonds is 3. The normalized spacial score (nSPS) is 10.5. The minimum Gasteiger partial charge on any atom is -0.452 e. The quantitative estimate of drug-likeness (QED) is 0.710. The number of benzene rings is 2. The highest BCUT2D eigenvalue weighted by molar-refractivity contribution is 5.87. The molecule has 2 aromatic rings. The van der Waals surface area contributed by atoms with E-state index >= 15 is 0 Å². The minimum absolute atomic E-state index is 0.455. The first kappa shape index (κ1) is 9.71. The summed E-state index contributed by atoms with van der Waals surface area (Å²) >= 11 is 0. The first-order valence-electron chi connectivity index (χ1n) is 4.75. The molecule has 15 heavy (non-hydrogen) atoms. The fraction of sp³-hybridized carbons (Fsp3) is 0.0769. The van der Waals surface area contributed by atoms with Crippen molar-refractivity contribution in [3.63, 3.8) is 0 Å². The van der Waals surface area contributed by atoms with Gasteiger partial charge in [0.2, 0.25) is 0 Å². The predicted octanol–water partition coefficient (Wildman–Crippen LogP) is 2.91. The lowest BCUT2D eigenvalue weighted by molar-refractivity contribution is -0.126. The van der Waals surface area contributed by atoms with Crippen LogP contribution in [-0.2, 0) is 9.53 Å². The Morgan fingerprint density at radius 3 is 2.67 bits per heavy atom. The standard InChI is InChI=1S/C13H11O2/c1-10(15-9-14)12-8-4-6-11-5-2-3-7-13(11)12/h2-9H,1H3. The third-order valence-electron chi connectivity index (χ3n) is 2.39. The maximum Gasteiger partial charge on any atom is 0.294 e. The van der Waals surface area contributed by atoms with E-state index in [0.29, 0.717) is 12.6 Å². The number of hydrogen-bond acceptors (Lipinski definition) is 2. The number of hydrogen-bond donors (Lipinski definition) is 0. The smallest absolute Gasteiger partial charge is 0.294 e. The predicted molar refractivity (Wildman–Crippen MR) is 59.1 cm³/mol. The Bertz CT molecular complexity index is 471. The molecule has 0 aliphatic heterocycles. The summed E-state index contributed by atoms with van der Waals surface area (Å²) in [5.74, 6) is 0. The van der Waals surface area contributed by atoms with Gasteiger partial charge in [-0.3, -0.25) is 4.79 Å². The number of carbonyl (C=O) groups is 1. The van der Waals surface area contributed by atoms with Crippen molar-refractivity contribution >= 4 is 17.2 Å². The highest BCUT2D eigenvalue weighted by atomic mass is 16.5. The van der Waals surface area contributed by atoms with Crippen molar-refractivity contribution < 1.29 is 9.53 Å². The van der Waals surface area contributed by atoms with Crippen molar-refractivity contribution in [2.45, 2.75) is 6.92 Å². The lowest BCUT2D eigenvalue weighted by Crippen LogP contribution is -1.99. The highest BCUT2D eigenvalue weighted by Gasteiger charge is 2.10. The number of carbonyl (C=O) groups excluding carboxylic acids is 1. The third-order valence-corrected chi connectivity index (χ3v) is 2.39. The molecule has 0 aromatic heterocycles. The Hall–Kier alpha value is -1.83. The first-order chi connectivity index (χ1) is 7.33. The Labute approximate surface area is 88.5 Å². The molecule has 0 aliphatic rings. The topological polar surface area (TPSA) is 26.3 Å². The van der Waals surface area contributed by atoms with E-state index in [2.05, 4.69) is 0 Å². The summed E-state index contributed by atoms with van der Waals surface area (Å²) in [6.07, 6.45) is 0.627. The van der Waals surface area contributed by atoms with E-state index < -0.39 is 0 Å². The van der Waals surface area contributed by atoms with Gasteiger partial charge in [-0.15, -0.1) is 0 Å². The minimum atomic E-state index is 0.455. The average molecular weight is 199 g/mol. The Kier molecular flexibility index (Phi) is 2.68. The summed E-state index contributed by atoms with van der Waals surface area (Å²) in [6.45, 7) is 2.24. The molecule has 2 aromatic carbocycles. The van der Waals surface area contributed by atoms with E-state index in [9.17, 15) is 4.79 Å². The molecule has 0 saturated carbocycles. The van der Waals surface area contributed by atoms with Crippen LogP contribution >= 0.6 is 0 Å². The fourth-order valence-electron chi connectivity index (χ4n) is 1.67. The largest absolute Gasteiger partial charge is 0.452 e. The molecular formula is C13H11O2. The zero-order valence-electron chi connectivity index (χ0n) is 8.44. The maximum atomic E-state index is 10.3. The van der Waals surface area contributed by atoms with Gasteiger partial charge in [-0.1, -0.05) is 42.5 Å². The summed E-state index contributed by atoms with van der Waals surface area (Å²) in [7, 11) is 0. The van der Waals surface area contributed by atoms with E-state index in [4.69, 9.17) is 4.74 Å². The van der Waals surface area contributed by atoms with Crippen molar-refractivity contribution in [2.24, 2.45) is 0 Å². The average Bonchev–Trinajstić information content (AvgIpc) is 2.28. The molecule has 2 nitrogen and oxygen atoms in total. The summed E-state index contributed by atoms with van der Waals surface area (Å²) in [4.78, 5) is 10.3. The maximum absolute atomic E-state index is 10.3. The van der Waals surface area contributed by atoms with Crippen LogP contribution in [0.1, 0.15) is 12.5 Å². The van der Waals surface area contributed by atoms with Gasteiger partial charge in [-0.05, 0) is 17.7 Å². The zero-order chi connectivity index (χ0) is 10.7. The van der Waals surface area contributed by atoms with E-state index in [1.807, 2.05) is 42.5 Å². The van der Waals surface area contributed by atoms with Crippen molar-refractivity contribution in [3.8, 4) is 0 Å². The molecule has 0 bridgehead atoms. The molecule has 2 heteroatoms. The Morgan fingerprint density at radius 2 is 1.87 bits per heavy atom. The molecule has 2 rings (SSSR count). The molecule has 0 aliphatic carbocycles.